The minimum atomic E-state index is -4.48. The standard InChI is InChI=1S/C16H11F3N4O2/c17-16(18,19)10-7-5-9(6-8-10)14(24)22-23-15(25)13-20-11-3-1-2-4-12(11)21-13/h1-8H,(H,20,21)(H,22,24)(H,23,25). The maximum absolute atomic E-state index is 12.5. The van der Waals surface area contributed by atoms with Crippen molar-refractivity contribution in [2.24, 2.45) is 0 Å². The number of imidazole rings is 1. The van der Waals surface area contributed by atoms with Crippen molar-refractivity contribution in [1.29, 1.82) is 0 Å². The molecule has 0 spiro atoms. The van der Waals surface area contributed by atoms with Crippen LogP contribution in [0.1, 0.15) is 26.5 Å². The molecule has 1 aromatic heterocycles. The average Bonchev–Trinajstić information content (AvgIpc) is 3.03. The first kappa shape index (κ1) is 16.5. The molecule has 2 amide bonds. The van der Waals surface area contributed by atoms with E-state index in [-0.39, 0.29) is 11.4 Å². The number of nitrogens with zero attached hydrogens (tertiary/aromatic N) is 1. The van der Waals surface area contributed by atoms with Gasteiger partial charge in [0, 0.05) is 5.56 Å². The summed E-state index contributed by atoms with van der Waals surface area (Å²) in [6.07, 6.45) is -4.48. The quantitative estimate of drug-likeness (QED) is 0.622. The minimum Gasteiger partial charge on any atom is -0.334 e. The van der Waals surface area contributed by atoms with Gasteiger partial charge in [-0.25, -0.2) is 4.98 Å². The summed E-state index contributed by atoms with van der Waals surface area (Å²) in [5.74, 6) is -1.44. The Bertz CT molecular complexity index is 899. The molecule has 0 bridgehead atoms. The molecule has 0 saturated carbocycles. The molecule has 128 valence electrons. The van der Waals surface area contributed by atoms with E-state index in [1.165, 1.54) is 0 Å². The van der Waals surface area contributed by atoms with Crippen molar-refractivity contribution in [3.8, 4) is 0 Å². The number of aromatic nitrogens is 2. The Hall–Kier alpha value is -3.36. The third kappa shape index (κ3) is 3.60. The molecule has 3 aromatic rings. The highest BCUT2D eigenvalue weighted by molar-refractivity contribution is 5.98. The van der Waals surface area contributed by atoms with Crippen LogP contribution in [0, 0.1) is 0 Å². The predicted octanol–water partition coefficient (Wildman–Crippen LogP) is 2.66. The molecule has 0 aliphatic carbocycles. The summed E-state index contributed by atoms with van der Waals surface area (Å²) in [6, 6.07) is 10.6. The number of benzene rings is 2. The van der Waals surface area contributed by atoms with E-state index in [2.05, 4.69) is 20.8 Å². The number of carbonyl (C=O) groups excluding carboxylic acids is 2. The van der Waals surface area contributed by atoms with Gasteiger partial charge in [-0.1, -0.05) is 12.1 Å². The van der Waals surface area contributed by atoms with Gasteiger partial charge >= 0.3 is 12.1 Å². The number of carbonyl (C=O) groups is 2. The molecule has 3 rings (SSSR count). The fraction of sp³-hybridized carbons (Fsp3) is 0.0625. The van der Waals surface area contributed by atoms with Crippen LogP contribution >= 0.6 is 0 Å². The van der Waals surface area contributed by atoms with Gasteiger partial charge in [0.15, 0.2) is 5.82 Å². The number of fused-ring (bicyclic) bond motifs is 1. The van der Waals surface area contributed by atoms with Crippen molar-refractivity contribution in [3.05, 3.63) is 65.5 Å². The van der Waals surface area contributed by atoms with Crippen LogP contribution in [0.2, 0.25) is 0 Å². The number of rotatable bonds is 2. The number of aromatic amines is 1. The van der Waals surface area contributed by atoms with Gasteiger partial charge in [0.25, 0.3) is 5.91 Å². The summed E-state index contributed by atoms with van der Waals surface area (Å²) in [5, 5.41) is 0. The van der Waals surface area contributed by atoms with Gasteiger partial charge in [-0.3, -0.25) is 20.4 Å². The molecule has 0 atom stereocenters. The molecule has 0 aliphatic heterocycles. The van der Waals surface area contributed by atoms with Gasteiger partial charge in [0.2, 0.25) is 0 Å². The van der Waals surface area contributed by atoms with E-state index in [4.69, 9.17) is 0 Å². The van der Waals surface area contributed by atoms with Crippen molar-refractivity contribution in [3.63, 3.8) is 0 Å². The molecule has 0 saturated heterocycles. The molecule has 9 heteroatoms. The highest BCUT2D eigenvalue weighted by atomic mass is 19.4. The Balaban J connectivity index is 1.64. The molecule has 2 aromatic carbocycles. The number of amides is 2. The maximum atomic E-state index is 12.5. The first-order valence-corrected chi connectivity index (χ1v) is 7.07. The molecule has 25 heavy (non-hydrogen) atoms. The van der Waals surface area contributed by atoms with Crippen LogP contribution in [-0.2, 0) is 6.18 Å². The molecular weight excluding hydrogens is 337 g/mol. The van der Waals surface area contributed by atoms with Crippen molar-refractivity contribution in [1.82, 2.24) is 20.8 Å². The van der Waals surface area contributed by atoms with Gasteiger partial charge in [0.1, 0.15) is 0 Å². The van der Waals surface area contributed by atoms with E-state index >= 15 is 0 Å². The number of H-pyrrole nitrogens is 1. The largest absolute Gasteiger partial charge is 0.416 e. The molecule has 0 radical (unpaired) electrons. The number of para-hydroxylation sites is 2. The van der Waals surface area contributed by atoms with Gasteiger partial charge in [0.05, 0.1) is 16.6 Å². The molecule has 6 nitrogen and oxygen atoms in total. The van der Waals surface area contributed by atoms with Gasteiger partial charge < -0.3 is 4.98 Å². The fourth-order valence-corrected chi connectivity index (χ4v) is 2.12. The van der Waals surface area contributed by atoms with Crippen LogP contribution in [-0.4, -0.2) is 21.8 Å². The monoisotopic (exact) mass is 348 g/mol. The highest BCUT2D eigenvalue weighted by Crippen LogP contribution is 2.29. The summed E-state index contributed by atoms with van der Waals surface area (Å²) in [4.78, 5) is 30.7. The Morgan fingerprint density at radius 2 is 1.56 bits per heavy atom. The van der Waals surface area contributed by atoms with Gasteiger partial charge in [-0.2, -0.15) is 13.2 Å². The van der Waals surface area contributed by atoms with Crippen molar-refractivity contribution in [2.75, 3.05) is 0 Å². The Morgan fingerprint density at radius 1 is 0.920 bits per heavy atom. The van der Waals surface area contributed by atoms with Crippen LogP contribution in [0.4, 0.5) is 13.2 Å². The minimum absolute atomic E-state index is 0.00563. The second-order valence-corrected chi connectivity index (χ2v) is 5.09. The fourth-order valence-electron chi connectivity index (χ4n) is 2.12. The highest BCUT2D eigenvalue weighted by Gasteiger charge is 2.30. The smallest absolute Gasteiger partial charge is 0.334 e. The molecule has 1 heterocycles. The average molecular weight is 348 g/mol. The second-order valence-electron chi connectivity index (χ2n) is 5.09. The normalized spacial score (nSPS) is 11.3. The third-order valence-corrected chi connectivity index (χ3v) is 3.37. The zero-order valence-corrected chi connectivity index (χ0v) is 12.5. The maximum Gasteiger partial charge on any atom is 0.416 e. The molecule has 0 unspecified atom stereocenters. The summed E-state index contributed by atoms with van der Waals surface area (Å²) in [6.45, 7) is 0. The molecular formula is C16H11F3N4O2. The number of hydrogen-bond donors (Lipinski definition) is 3. The second kappa shape index (κ2) is 6.27. The SMILES string of the molecule is O=C(NNC(=O)c1nc2ccccc2[nH]1)c1ccc(C(F)(F)F)cc1. The molecule has 0 fully saturated rings. The summed E-state index contributed by atoms with van der Waals surface area (Å²) in [7, 11) is 0. The lowest BCUT2D eigenvalue weighted by Gasteiger charge is -2.08. The summed E-state index contributed by atoms with van der Waals surface area (Å²) < 4.78 is 37.4. The number of halogens is 3. The van der Waals surface area contributed by atoms with E-state index in [1.807, 2.05) is 0 Å². The Kier molecular flexibility index (Phi) is 4.14. The number of hydrogen-bond acceptors (Lipinski definition) is 3. The lowest BCUT2D eigenvalue weighted by Crippen LogP contribution is -2.42. The lowest BCUT2D eigenvalue weighted by molar-refractivity contribution is -0.137. The summed E-state index contributed by atoms with van der Waals surface area (Å²) in [5.41, 5.74) is 4.61. The van der Waals surface area contributed by atoms with Crippen LogP contribution in [0.3, 0.4) is 0 Å². The number of alkyl halides is 3. The van der Waals surface area contributed by atoms with Gasteiger partial charge in [-0.05, 0) is 36.4 Å². The predicted molar refractivity (Wildman–Crippen MR) is 82.5 cm³/mol. The molecule has 0 aliphatic rings. The van der Waals surface area contributed by atoms with E-state index in [0.29, 0.717) is 11.0 Å². The third-order valence-electron chi connectivity index (χ3n) is 3.37. The first-order chi connectivity index (χ1) is 11.8. The van der Waals surface area contributed by atoms with E-state index in [9.17, 15) is 22.8 Å². The van der Waals surface area contributed by atoms with E-state index in [0.717, 1.165) is 24.3 Å². The lowest BCUT2D eigenvalue weighted by atomic mass is 10.1. The van der Waals surface area contributed by atoms with Crippen molar-refractivity contribution in [2.45, 2.75) is 6.18 Å². The Morgan fingerprint density at radius 3 is 2.20 bits per heavy atom. The molecule has 3 N–H and O–H groups in total. The van der Waals surface area contributed by atoms with Crippen LogP contribution in [0.5, 0.6) is 0 Å². The van der Waals surface area contributed by atoms with E-state index in [1.54, 1.807) is 24.3 Å². The zero-order valence-electron chi connectivity index (χ0n) is 12.5. The van der Waals surface area contributed by atoms with Crippen molar-refractivity contribution >= 4 is 22.8 Å². The number of hydrazine groups is 1. The topological polar surface area (TPSA) is 86.9 Å². The zero-order chi connectivity index (χ0) is 18.0. The summed E-state index contributed by atoms with van der Waals surface area (Å²) >= 11 is 0. The van der Waals surface area contributed by atoms with Crippen LogP contribution in [0.15, 0.2) is 48.5 Å². The number of nitrogens with one attached hydrogen (secondary N) is 3. The van der Waals surface area contributed by atoms with Crippen LogP contribution < -0.4 is 10.9 Å². The van der Waals surface area contributed by atoms with Gasteiger partial charge in [-0.15, -0.1) is 0 Å². The first-order valence-electron chi connectivity index (χ1n) is 7.07. The van der Waals surface area contributed by atoms with Crippen LogP contribution in [0.25, 0.3) is 11.0 Å². The van der Waals surface area contributed by atoms with Crippen molar-refractivity contribution < 1.29 is 22.8 Å². The Labute approximate surface area is 139 Å². The van der Waals surface area contributed by atoms with E-state index < -0.39 is 23.6 Å².